The van der Waals surface area contributed by atoms with Crippen molar-refractivity contribution in [3.63, 3.8) is 0 Å². The zero-order valence-electron chi connectivity index (χ0n) is 18.2. The number of hydrogen-bond acceptors (Lipinski definition) is 6. The molecule has 0 radical (unpaired) electrons. The summed E-state index contributed by atoms with van der Waals surface area (Å²) in [6.45, 7) is 1.20. The molecule has 3 rings (SSSR count). The fourth-order valence-electron chi connectivity index (χ4n) is 2.96. The first-order valence-corrected chi connectivity index (χ1v) is 10.1. The SMILES string of the molecule is CN(C)CCCNc1nc(Nc2c(F)ccc(F)c2F)cc(-c2cccc(OC(F)(F)F)c2)n1. The van der Waals surface area contributed by atoms with Gasteiger partial charge < -0.3 is 20.3 Å². The van der Waals surface area contributed by atoms with E-state index in [1.165, 1.54) is 18.2 Å². The van der Waals surface area contributed by atoms with Gasteiger partial charge >= 0.3 is 6.36 Å². The summed E-state index contributed by atoms with van der Waals surface area (Å²) in [6, 6.07) is 7.71. The van der Waals surface area contributed by atoms with E-state index in [1.54, 1.807) is 0 Å². The van der Waals surface area contributed by atoms with Gasteiger partial charge in [-0.25, -0.2) is 18.2 Å². The molecule has 1 aromatic heterocycles. The van der Waals surface area contributed by atoms with E-state index in [4.69, 9.17) is 0 Å². The van der Waals surface area contributed by atoms with E-state index in [9.17, 15) is 26.3 Å². The van der Waals surface area contributed by atoms with Crippen molar-refractivity contribution in [2.24, 2.45) is 0 Å². The maximum Gasteiger partial charge on any atom is 0.573 e. The molecule has 1 heterocycles. The minimum atomic E-state index is -4.89. The van der Waals surface area contributed by atoms with Crippen LogP contribution in [0.25, 0.3) is 11.3 Å². The molecule has 0 fully saturated rings. The van der Waals surface area contributed by atoms with Crippen LogP contribution < -0.4 is 15.4 Å². The number of benzene rings is 2. The highest BCUT2D eigenvalue weighted by molar-refractivity contribution is 5.68. The fraction of sp³-hybridized carbons (Fsp3) is 0.273. The molecule has 12 heteroatoms. The van der Waals surface area contributed by atoms with Crippen LogP contribution in [0.3, 0.4) is 0 Å². The summed E-state index contributed by atoms with van der Waals surface area (Å²) >= 11 is 0. The number of halogens is 6. The first-order chi connectivity index (χ1) is 16.0. The van der Waals surface area contributed by atoms with Crippen LogP contribution in [-0.2, 0) is 0 Å². The summed E-state index contributed by atoms with van der Waals surface area (Å²) in [5.74, 6) is -4.29. The second kappa shape index (κ2) is 10.6. The van der Waals surface area contributed by atoms with E-state index >= 15 is 0 Å². The number of aromatic nitrogens is 2. The smallest absolute Gasteiger partial charge is 0.406 e. The number of alkyl halides is 3. The number of rotatable bonds is 9. The van der Waals surface area contributed by atoms with Crippen LogP contribution in [0.2, 0.25) is 0 Å². The van der Waals surface area contributed by atoms with Gasteiger partial charge in [-0.15, -0.1) is 13.2 Å². The molecule has 0 unspecified atom stereocenters. The summed E-state index contributed by atoms with van der Waals surface area (Å²) in [4.78, 5) is 10.4. The van der Waals surface area contributed by atoms with E-state index in [2.05, 4.69) is 25.3 Å². The highest BCUT2D eigenvalue weighted by atomic mass is 19.4. The van der Waals surface area contributed by atoms with Gasteiger partial charge in [0, 0.05) is 18.2 Å². The number of ether oxygens (including phenoxy) is 1. The Morgan fingerprint density at radius 1 is 0.971 bits per heavy atom. The highest BCUT2D eigenvalue weighted by Gasteiger charge is 2.31. The summed E-state index contributed by atoms with van der Waals surface area (Å²) in [5, 5.41) is 5.36. The molecular weight excluding hydrogens is 464 g/mol. The van der Waals surface area contributed by atoms with E-state index in [0.29, 0.717) is 19.0 Å². The Balaban J connectivity index is 1.97. The molecule has 2 N–H and O–H groups in total. The molecule has 0 aliphatic heterocycles. The van der Waals surface area contributed by atoms with Gasteiger partial charge in [0.15, 0.2) is 11.6 Å². The number of nitrogens with zero attached hydrogens (tertiary/aromatic N) is 3. The lowest BCUT2D eigenvalue weighted by Gasteiger charge is -2.14. The molecule has 0 spiro atoms. The van der Waals surface area contributed by atoms with Gasteiger partial charge in [0.05, 0.1) is 5.69 Å². The Morgan fingerprint density at radius 3 is 2.41 bits per heavy atom. The molecule has 0 aliphatic rings. The number of nitrogens with one attached hydrogen (secondary N) is 2. The fourth-order valence-corrected chi connectivity index (χ4v) is 2.96. The van der Waals surface area contributed by atoms with Crippen molar-refractivity contribution in [3.05, 3.63) is 59.9 Å². The van der Waals surface area contributed by atoms with Crippen LogP contribution in [0.4, 0.5) is 43.8 Å². The first kappa shape index (κ1) is 25.1. The zero-order chi connectivity index (χ0) is 24.9. The van der Waals surface area contributed by atoms with Crippen molar-refractivity contribution >= 4 is 17.5 Å². The molecule has 6 nitrogen and oxygen atoms in total. The van der Waals surface area contributed by atoms with Crippen LogP contribution in [0.1, 0.15) is 6.42 Å². The van der Waals surface area contributed by atoms with Crippen molar-refractivity contribution in [2.75, 3.05) is 37.8 Å². The average Bonchev–Trinajstić information content (AvgIpc) is 2.76. The number of anilines is 3. The molecule has 0 amide bonds. The molecule has 3 aromatic rings. The molecular formula is C22H21F6N5O. The summed E-state index contributed by atoms with van der Waals surface area (Å²) in [7, 11) is 3.80. The molecule has 0 saturated carbocycles. The quantitative estimate of drug-likeness (QED) is 0.235. The lowest BCUT2D eigenvalue weighted by atomic mass is 10.1. The van der Waals surface area contributed by atoms with Gasteiger partial charge in [-0.2, -0.15) is 4.98 Å². The second-order valence-electron chi connectivity index (χ2n) is 7.46. The van der Waals surface area contributed by atoms with Crippen molar-refractivity contribution < 1.29 is 31.1 Å². The molecule has 0 aliphatic carbocycles. The van der Waals surface area contributed by atoms with Gasteiger partial charge in [-0.3, -0.25) is 0 Å². The Morgan fingerprint density at radius 2 is 1.71 bits per heavy atom. The minimum absolute atomic E-state index is 0.0538. The molecule has 2 aromatic carbocycles. The predicted molar refractivity (Wildman–Crippen MR) is 115 cm³/mol. The maximum atomic E-state index is 14.1. The Kier molecular flexibility index (Phi) is 7.82. The predicted octanol–water partition coefficient (Wildman–Crippen LogP) is 5.57. The third kappa shape index (κ3) is 6.98. The third-order valence-corrected chi connectivity index (χ3v) is 4.45. The maximum absolute atomic E-state index is 14.1. The Labute approximate surface area is 191 Å². The van der Waals surface area contributed by atoms with Crippen LogP contribution in [0.15, 0.2) is 42.5 Å². The summed E-state index contributed by atoms with van der Waals surface area (Å²) < 4.78 is 83.6. The van der Waals surface area contributed by atoms with E-state index < -0.39 is 35.3 Å². The van der Waals surface area contributed by atoms with Gasteiger partial charge in [0.2, 0.25) is 5.95 Å². The summed E-state index contributed by atoms with van der Waals surface area (Å²) in [5.41, 5.74) is -0.404. The largest absolute Gasteiger partial charge is 0.573 e. The van der Waals surface area contributed by atoms with Gasteiger partial charge in [0.1, 0.15) is 23.1 Å². The van der Waals surface area contributed by atoms with E-state index in [-0.39, 0.29) is 23.0 Å². The van der Waals surface area contributed by atoms with Gasteiger partial charge in [-0.05, 0) is 51.3 Å². The molecule has 0 atom stereocenters. The average molecular weight is 485 g/mol. The van der Waals surface area contributed by atoms with Crippen LogP contribution in [0.5, 0.6) is 5.75 Å². The van der Waals surface area contributed by atoms with Crippen LogP contribution >= 0.6 is 0 Å². The first-order valence-electron chi connectivity index (χ1n) is 10.1. The molecule has 34 heavy (non-hydrogen) atoms. The monoisotopic (exact) mass is 485 g/mol. The molecule has 0 bridgehead atoms. The standard InChI is InChI=1S/C22H21F6N5O/c1-33(2)10-4-9-29-21-30-17(13-5-3-6-14(11-13)34-22(26,27)28)12-18(32-21)31-20-16(24)8-7-15(23)19(20)25/h3,5-8,11-12H,4,9-10H2,1-2H3,(H2,29,30,31,32). The van der Waals surface area contributed by atoms with Crippen LogP contribution in [-0.4, -0.2) is 48.4 Å². The topological polar surface area (TPSA) is 62.3 Å². The van der Waals surface area contributed by atoms with Gasteiger partial charge in [-0.1, -0.05) is 12.1 Å². The molecule has 0 saturated heterocycles. The van der Waals surface area contributed by atoms with Crippen LogP contribution in [0, 0.1) is 17.5 Å². The molecule has 182 valence electrons. The van der Waals surface area contributed by atoms with E-state index in [0.717, 1.165) is 24.7 Å². The van der Waals surface area contributed by atoms with Crippen molar-refractivity contribution in [3.8, 4) is 17.0 Å². The van der Waals surface area contributed by atoms with E-state index in [1.807, 2.05) is 19.0 Å². The van der Waals surface area contributed by atoms with Crippen molar-refractivity contribution in [1.82, 2.24) is 14.9 Å². The highest BCUT2D eigenvalue weighted by Crippen LogP contribution is 2.30. The third-order valence-electron chi connectivity index (χ3n) is 4.45. The van der Waals surface area contributed by atoms with Crippen molar-refractivity contribution in [1.29, 1.82) is 0 Å². The van der Waals surface area contributed by atoms with Gasteiger partial charge in [0.25, 0.3) is 0 Å². The zero-order valence-corrected chi connectivity index (χ0v) is 18.2. The number of hydrogen-bond donors (Lipinski definition) is 2. The normalized spacial score (nSPS) is 11.6. The van der Waals surface area contributed by atoms with Crippen molar-refractivity contribution in [2.45, 2.75) is 12.8 Å². The second-order valence-corrected chi connectivity index (χ2v) is 7.46. The lowest BCUT2D eigenvalue weighted by Crippen LogP contribution is -2.17. The lowest BCUT2D eigenvalue weighted by molar-refractivity contribution is -0.274. The summed E-state index contributed by atoms with van der Waals surface area (Å²) in [6.07, 6.45) is -4.17. The Hall–Kier alpha value is -3.54. The Bertz CT molecular complexity index is 1140. The minimum Gasteiger partial charge on any atom is -0.406 e.